The van der Waals surface area contributed by atoms with E-state index < -0.39 is 5.97 Å². The average Bonchev–Trinajstić information content (AvgIpc) is 3.03. The molecule has 1 atom stereocenters. The maximum atomic E-state index is 12.4. The topological polar surface area (TPSA) is 52.6 Å². The molecule has 1 unspecified atom stereocenters. The van der Waals surface area contributed by atoms with Gasteiger partial charge in [0.1, 0.15) is 0 Å². The second-order valence-corrected chi connectivity index (χ2v) is 6.44. The predicted molar refractivity (Wildman–Crippen MR) is 100 cm³/mol. The van der Waals surface area contributed by atoms with Crippen molar-refractivity contribution in [3.05, 3.63) is 65.2 Å². The number of rotatable bonds is 6. The van der Waals surface area contributed by atoms with Crippen molar-refractivity contribution in [3.8, 4) is 11.5 Å². The number of ketones is 1. The third kappa shape index (κ3) is 4.20. The second kappa shape index (κ2) is 8.00. The summed E-state index contributed by atoms with van der Waals surface area (Å²) in [6, 6.07) is 13.6. The highest BCUT2D eigenvalue weighted by molar-refractivity contribution is 5.94. The average molecular weight is 350 g/mol. The van der Waals surface area contributed by atoms with Gasteiger partial charge in [-0.25, -0.2) is 0 Å². The van der Waals surface area contributed by atoms with Crippen LogP contribution in [0.3, 0.4) is 0 Å². The zero-order valence-electron chi connectivity index (χ0n) is 15.0. The van der Waals surface area contributed by atoms with Crippen molar-refractivity contribution < 1.29 is 19.1 Å². The van der Waals surface area contributed by atoms with Crippen molar-refractivity contribution in [2.75, 3.05) is 7.11 Å². The van der Waals surface area contributed by atoms with Crippen molar-refractivity contribution in [2.45, 2.75) is 32.1 Å². The Labute approximate surface area is 153 Å². The van der Waals surface area contributed by atoms with Crippen molar-refractivity contribution in [1.82, 2.24) is 0 Å². The molecule has 0 saturated carbocycles. The van der Waals surface area contributed by atoms with Crippen LogP contribution in [0.1, 0.15) is 42.4 Å². The highest BCUT2D eigenvalue weighted by Gasteiger charge is 2.23. The van der Waals surface area contributed by atoms with E-state index >= 15 is 0 Å². The molecule has 1 aliphatic carbocycles. The van der Waals surface area contributed by atoms with Crippen molar-refractivity contribution in [3.63, 3.8) is 0 Å². The van der Waals surface area contributed by atoms with E-state index in [-0.39, 0.29) is 5.78 Å². The van der Waals surface area contributed by atoms with Crippen LogP contribution in [0, 0.1) is 0 Å². The normalized spacial score (nSPS) is 15.7. The lowest BCUT2D eigenvalue weighted by atomic mass is 9.95. The molecule has 26 heavy (non-hydrogen) atoms. The van der Waals surface area contributed by atoms with Crippen LogP contribution < -0.4 is 9.47 Å². The molecule has 2 aromatic rings. The molecule has 0 fully saturated rings. The van der Waals surface area contributed by atoms with Gasteiger partial charge < -0.3 is 9.47 Å². The van der Waals surface area contributed by atoms with Crippen LogP contribution >= 0.6 is 0 Å². The fraction of sp³-hybridized carbons (Fsp3) is 0.273. The van der Waals surface area contributed by atoms with E-state index in [9.17, 15) is 9.59 Å². The van der Waals surface area contributed by atoms with E-state index in [0.29, 0.717) is 23.8 Å². The van der Waals surface area contributed by atoms with E-state index in [1.807, 2.05) is 18.2 Å². The van der Waals surface area contributed by atoms with Gasteiger partial charge in [-0.2, -0.15) is 0 Å². The Morgan fingerprint density at radius 3 is 2.73 bits per heavy atom. The summed E-state index contributed by atoms with van der Waals surface area (Å²) in [6.07, 6.45) is 5.93. The highest BCUT2D eigenvalue weighted by Crippen LogP contribution is 2.35. The first kappa shape index (κ1) is 17.9. The number of methoxy groups -OCH3 is 1. The van der Waals surface area contributed by atoms with E-state index in [1.54, 1.807) is 24.3 Å². The number of carbonyl (C=O) groups is 2. The summed E-state index contributed by atoms with van der Waals surface area (Å²) in [5.74, 6) is 0.804. The summed E-state index contributed by atoms with van der Waals surface area (Å²) in [6.45, 7) is 1.34. The van der Waals surface area contributed by atoms with Crippen molar-refractivity contribution in [1.29, 1.82) is 0 Å². The van der Waals surface area contributed by atoms with Gasteiger partial charge in [0.15, 0.2) is 17.3 Å². The Bertz CT molecular complexity index is 851. The summed E-state index contributed by atoms with van der Waals surface area (Å²) >= 11 is 0. The molecule has 0 saturated heterocycles. The lowest BCUT2D eigenvalue weighted by molar-refractivity contribution is -0.132. The van der Waals surface area contributed by atoms with Crippen molar-refractivity contribution in [2.24, 2.45) is 0 Å². The quantitative estimate of drug-likeness (QED) is 0.442. The first-order chi connectivity index (χ1) is 12.6. The van der Waals surface area contributed by atoms with Gasteiger partial charge >= 0.3 is 5.97 Å². The molecule has 0 amide bonds. The molecule has 3 rings (SSSR count). The van der Waals surface area contributed by atoms with Gasteiger partial charge in [0, 0.05) is 13.3 Å². The molecule has 0 bridgehead atoms. The number of allylic oxidation sites excluding steroid dienone is 1. The molecule has 0 N–H and O–H groups in total. The standard InChI is InChI=1S/C22H22O4/c1-15(23)26-22-13-16(8-12-21(22)25-2)7-11-19(24)14-18-10-9-17-5-3-4-6-20(17)18/h3-8,11-13,18H,9-10,14H2,1-2H3/b11-7+. The minimum Gasteiger partial charge on any atom is -0.493 e. The summed E-state index contributed by atoms with van der Waals surface area (Å²) < 4.78 is 10.3. The molecular formula is C22H22O4. The molecule has 2 aromatic carbocycles. The fourth-order valence-corrected chi connectivity index (χ4v) is 3.39. The fourth-order valence-electron chi connectivity index (χ4n) is 3.39. The van der Waals surface area contributed by atoms with Gasteiger partial charge in [0.2, 0.25) is 0 Å². The monoisotopic (exact) mass is 350 g/mol. The molecule has 0 radical (unpaired) electrons. The molecule has 4 nitrogen and oxygen atoms in total. The molecule has 0 heterocycles. The van der Waals surface area contributed by atoms with E-state index in [1.165, 1.54) is 25.2 Å². The first-order valence-corrected chi connectivity index (χ1v) is 8.72. The Kier molecular flexibility index (Phi) is 5.52. The molecule has 134 valence electrons. The van der Waals surface area contributed by atoms with E-state index in [4.69, 9.17) is 9.47 Å². The molecular weight excluding hydrogens is 328 g/mol. The maximum absolute atomic E-state index is 12.4. The van der Waals surface area contributed by atoms with Crippen LogP contribution in [0.15, 0.2) is 48.5 Å². The lowest BCUT2D eigenvalue weighted by Crippen LogP contribution is -2.03. The minimum atomic E-state index is -0.416. The number of fused-ring (bicyclic) bond motifs is 1. The predicted octanol–water partition coefficient (Wildman–Crippen LogP) is 4.32. The Morgan fingerprint density at radius 1 is 1.15 bits per heavy atom. The zero-order valence-corrected chi connectivity index (χ0v) is 15.0. The molecule has 4 heteroatoms. The van der Waals surface area contributed by atoms with Gasteiger partial charge in [-0.05, 0) is 53.7 Å². The smallest absolute Gasteiger partial charge is 0.308 e. The SMILES string of the molecule is COc1ccc(/C=C/C(=O)CC2CCc3ccccc32)cc1OC(C)=O. The molecule has 0 aromatic heterocycles. The minimum absolute atomic E-state index is 0.0940. The van der Waals surface area contributed by atoms with Crippen LogP contribution in [0.5, 0.6) is 11.5 Å². The highest BCUT2D eigenvalue weighted by atomic mass is 16.6. The van der Waals surface area contributed by atoms with Crippen LogP contribution in [0.2, 0.25) is 0 Å². The molecule has 0 aliphatic heterocycles. The molecule has 1 aliphatic rings. The third-order valence-electron chi connectivity index (χ3n) is 4.61. The van der Waals surface area contributed by atoms with Gasteiger partial charge in [-0.15, -0.1) is 0 Å². The third-order valence-corrected chi connectivity index (χ3v) is 4.61. The van der Waals surface area contributed by atoms with Gasteiger partial charge in [-0.3, -0.25) is 9.59 Å². The van der Waals surface area contributed by atoms with Gasteiger partial charge in [0.25, 0.3) is 0 Å². The van der Waals surface area contributed by atoms with Gasteiger partial charge in [0.05, 0.1) is 7.11 Å². The van der Waals surface area contributed by atoms with Crippen LogP contribution in [0.4, 0.5) is 0 Å². The number of aryl methyl sites for hydroxylation is 1. The number of hydrogen-bond acceptors (Lipinski definition) is 4. The summed E-state index contributed by atoms with van der Waals surface area (Å²) in [7, 11) is 1.51. The number of esters is 1. The summed E-state index contributed by atoms with van der Waals surface area (Å²) in [5, 5.41) is 0. The van der Waals surface area contributed by atoms with E-state index in [0.717, 1.165) is 18.4 Å². The van der Waals surface area contributed by atoms with Crippen molar-refractivity contribution >= 4 is 17.8 Å². The van der Waals surface area contributed by atoms with Crippen LogP contribution in [0.25, 0.3) is 6.08 Å². The summed E-state index contributed by atoms with van der Waals surface area (Å²) in [5.41, 5.74) is 3.44. The Morgan fingerprint density at radius 2 is 1.96 bits per heavy atom. The number of ether oxygens (including phenoxy) is 2. The zero-order chi connectivity index (χ0) is 18.5. The summed E-state index contributed by atoms with van der Waals surface area (Å²) in [4.78, 5) is 23.6. The number of carbonyl (C=O) groups excluding carboxylic acids is 2. The maximum Gasteiger partial charge on any atom is 0.308 e. The number of benzene rings is 2. The largest absolute Gasteiger partial charge is 0.493 e. The van der Waals surface area contributed by atoms with Crippen LogP contribution in [-0.4, -0.2) is 18.9 Å². The molecule has 0 spiro atoms. The lowest BCUT2D eigenvalue weighted by Gasteiger charge is -2.09. The Hall–Kier alpha value is -2.88. The second-order valence-electron chi connectivity index (χ2n) is 6.44. The Balaban J connectivity index is 1.68. The first-order valence-electron chi connectivity index (χ1n) is 8.72. The van der Waals surface area contributed by atoms with E-state index in [2.05, 4.69) is 12.1 Å². The van der Waals surface area contributed by atoms with Gasteiger partial charge in [-0.1, -0.05) is 36.4 Å². The number of hydrogen-bond donors (Lipinski definition) is 0. The van der Waals surface area contributed by atoms with Crippen LogP contribution in [-0.2, 0) is 16.0 Å².